The molecule has 0 unspecified atom stereocenters. The summed E-state index contributed by atoms with van der Waals surface area (Å²) in [4.78, 5) is 25.3. The first-order valence-corrected chi connectivity index (χ1v) is 11.7. The van der Waals surface area contributed by atoms with Gasteiger partial charge in [-0.1, -0.05) is 48.5 Å². The highest BCUT2D eigenvalue weighted by Crippen LogP contribution is 2.37. The van der Waals surface area contributed by atoms with Gasteiger partial charge in [0.25, 0.3) is 10.0 Å². The summed E-state index contributed by atoms with van der Waals surface area (Å²) in [6.07, 6.45) is 0. The molecule has 1 heterocycles. The average Bonchev–Trinajstić information content (AvgIpc) is 3.19. The van der Waals surface area contributed by atoms with Gasteiger partial charge < -0.3 is 9.15 Å². The van der Waals surface area contributed by atoms with Crippen molar-refractivity contribution in [2.24, 2.45) is 0 Å². The molecule has 0 aliphatic rings. The number of anilines is 1. The van der Waals surface area contributed by atoms with Gasteiger partial charge in [0.05, 0.1) is 17.2 Å². The van der Waals surface area contributed by atoms with Gasteiger partial charge in [0.2, 0.25) is 5.91 Å². The van der Waals surface area contributed by atoms with Crippen LogP contribution in [0.5, 0.6) is 0 Å². The van der Waals surface area contributed by atoms with Crippen molar-refractivity contribution < 1.29 is 27.2 Å². The zero-order valence-electron chi connectivity index (χ0n) is 18.0. The molecule has 0 aliphatic carbocycles. The fraction of sp³-hybridized carbons (Fsp3) is 0.120. The molecule has 8 heteroatoms. The van der Waals surface area contributed by atoms with E-state index in [4.69, 9.17) is 9.15 Å². The largest absolute Gasteiger partial charge is 0.462 e. The predicted molar refractivity (Wildman–Crippen MR) is 124 cm³/mol. The number of nitrogens with zero attached hydrogens (tertiary/aromatic N) is 1. The first-order chi connectivity index (χ1) is 15.8. The van der Waals surface area contributed by atoms with Crippen LogP contribution in [-0.4, -0.2) is 26.9 Å². The molecule has 1 amide bonds. The van der Waals surface area contributed by atoms with Crippen LogP contribution in [0.1, 0.15) is 24.2 Å². The van der Waals surface area contributed by atoms with Crippen molar-refractivity contribution in [1.29, 1.82) is 0 Å². The van der Waals surface area contributed by atoms with E-state index in [0.717, 1.165) is 0 Å². The normalized spacial score (nSPS) is 11.3. The van der Waals surface area contributed by atoms with E-state index in [0.29, 0.717) is 26.6 Å². The standard InChI is InChI=1S/C25H21NO6S/c1-3-31-25(28)23-21-16-19(14-15-22(21)32-24(23)18-10-6-4-7-11-18)26(17(2)27)33(29,30)20-12-8-5-9-13-20/h4-16H,3H2,1-2H3. The van der Waals surface area contributed by atoms with Crippen LogP contribution in [0.25, 0.3) is 22.3 Å². The molecule has 0 fully saturated rings. The summed E-state index contributed by atoms with van der Waals surface area (Å²) in [7, 11) is -4.17. The second-order valence-electron chi connectivity index (χ2n) is 7.17. The third-order valence-electron chi connectivity index (χ3n) is 4.99. The Morgan fingerprint density at radius 3 is 2.18 bits per heavy atom. The molecule has 0 saturated heterocycles. The number of carbonyl (C=O) groups is 2. The van der Waals surface area contributed by atoms with Gasteiger partial charge in [-0.3, -0.25) is 4.79 Å². The van der Waals surface area contributed by atoms with Crippen LogP contribution in [0, 0.1) is 0 Å². The van der Waals surface area contributed by atoms with Gasteiger partial charge in [-0.05, 0) is 37.3 Å². The highest BCUT2D eigenvalue weighted by molar-refractivity contribution is 7.93. The van der Waals surface area contributed by atoms with E-state index in [9.17, 15) is 18.0 Å². The average molecular weight is 464 g/mol. The number of fused-ring (bicyclic) bond motifs is 1. The molecule has 168 valence electrons. The molecule has 0 saturated carbocycles. The number of esters is 1. The van der Waals surface area contributed by atoms with Crippen molar-refractivity contribution in [1.82, 2.24) is 0 Å². The van der Waals surface area contributed by atoms with E-state index in [-0.39, 0.29) is 22.8 Å². The summed E-state index contributed by atoms with van der Waals surface area (Å²) >= 11 is 0. The van der Waals surface area contributed by atoms with Crippen molar-refractivity contribution in [3.63, 3.8) is 0 Å². The smallest absolute Gasteiger partial charge is 0.342 e. The summed E-state index contributed by atoms with van der Waals surface area (Å²) in [6, 6.07) is 21.2. The topological polar surface area (TPSA) is 93.9 Å². The Hall–Kier alpha value is -3.91. The number of benzene rings is 3. The third-order valence-corrected chi connectivity index (χ3v) is 6.81. The van der Waals surface area contributed by atoms with Crippen molar-refractivity contribution in [3.8, 4) is 11.3 Å². The predicted octanol–water partition coefficient (Wildman–Crippen LogP) is 5.02. The molecule has 0 aliphatic heterocycles. The van der Waals surface area contributed by atoms with E-state index in [1.54, 1.807) is 37.3 Å². The lowest BCUT2D eigenvalue weighted by Crippen LogP contribution is -2.35. The molecule has 0 radical (unpaired) electrons. The van der Waals surface area contributed by atoms with Gasteiger partial charge in [0, 0.05) is 17.9 Å². The van der Waals surface area contributed by atoms with Crippen LogP contribution in [0.2, 0.25) is 0 Å². The Morgan fingerprint density at radius 1 is 0.939 bits per heavy atom. The molecule has 3 aromatic carbocycles. The second kappa shape index (κ2) is 8.91. The van der Waals surface area contributed by atoms with Crippen LogP contribution < -0.4 is 4.31 Å². The minimum Gasteiger partial charge on any atom is -0.462 e. The van der Waals surface area contributed by atoms with Gasteiger partial charge >= 0.3 is 5.97 Å². The lowest BCUT2D eigenvalue weighted by molar-refractivity contribution is -0.115. The molecule has 4 aromatic rings. The van der Waals surface area contributed by atoms with Crippen molar-refractivity contribution >= 4 is 38.6 Å². The number of hydrogen-bond donors (Lipinski definition) is 0. The Kier molecular flexibility index (Phi) is 6.02. The minimum atomic E-state index is -4.17. The Balaban J connectivity index is 1.94. The first kappa shape index (κ1) is 22.3. The highest BCUT2D eigenvalue weighted by atomic mass is 32.2. The fourth-order valence-electron chi connectivity index (χ4n) is 3.60. The van der Waals surface area contributed by atoms with E-state index in [1.807, 2.05) is 18.2 Å². The van der Waals surface area contributed by atoms with E-state index in [2.05, 4.69) is 0 Å². The first-order valence-electron chi connectivity index (χ1n) is 10.2. The Morgan fingerprint density at radius 2 is 1.58 bits per heavy atom. The molecule has 0 N–H and O–H groups in total. The maximum Gasteiger partial charge on any atom is 0.342 e. The number of ether oxygens (including phenoxy) is 1. The number of carbonyl (C=O) groups excluding carboxylic acids is 2. The molecule has 0 atom stereocenters. The lowest BCUT2D eigenvalue weighted by atomic mass is 10.1. The molecular formula is C25H21NO6S. The van der Waals surface area contributed by atoms with Crippen LogP contribution in [0.4, 0.5) is 5.69 Å². The summed E-state index contributed by atoms with van der Waals surface area (Å²) < 4.78 is 38.4. The monoisotopic (exact) mass is 463 g/mol. The maximum absolute atomic E-state index is 13.2. The molecule has 0 spiro atoms. The van der Waals surface area contributed by atoms with Crippen molar-refractivity contribution in [2.75, 3.05) is 10.9 Å². The lowest BCUT2D eigenvalue weighted by Gasteiger charge is -2.21. The second-order valence-corrected chi connectivity index (χ2v) is 8.96. The third kappa shape index (κ3) is 4.12. The number of amides is 1. The summed E-state index contributed by atoms with van der Waals surface area (Å²) in [6.45, 7) is 3.01. The minimum absolute atomic E-state index is 0.0249. The summed E-state index contributed by atoms with van der Waals surface area (Å²) in [5.74, 6) is -0.989. The number of furan rings is 1. The molecular weight excluding hydrogens is 442 g/mol. The molecule has 0 bridgehead atoms. The van der Waals surface area contributed by atoms with Crippen LogP contribution >= 0.6 is 0 Å². The zero-order valence-corrected chi connectivity index (χ0v) is 18.8. The van der Waals surface area contributed by atoms with E-state index < -0.39 is 21.9 Å². The zero-order chi connectivity index (χ0) is 23.6. The van der Waals surface area contributed by atoms with Crippen LogP contribution in [-0.2, 0) is 19.6 Å². The summed E-state index contributed by atoms with van der Waals surface area (Å²) in [5.41, 5.74) is 1.28. The van der Waals surface area contributed by atoms with Crippen molar-refractivity contribution in [3.05, 3.63) is 84.4 Å². The van der Waals surface area contributed by atoms with Gasteiger partial charge in [0.1, 0.15) is 16.9 Å². The van der Waals surface area contributed by atoms with Crippen molar-refractivity contribution in [2.45, 2.75) is 18.7 Å². The fourth-order valence-corrected chi connectivity index (χ4v) is 5.04. The summed E-state index contributed by atoms with van der Waals surface area (Å²) in [5, 5.41) is 0.347. The Labute approximate surface area is 191 Å². The molecule has 4 rings (SSSR count). The SMILES string of the molecule is CCOC(=O)c1c(-c2ccccc2)oc2ccc(N(C(C)=O)S(=O)(=O)c3ccccc3)cc12. The quantitative estimate of drug-likeness (QED) is 0.373. The maximum atomic E-state index is 13.2. The van der Waals surface area contributed by atoms with Gasteiger partial charge in [-0.15, -0.1) is 0 Å². The van der Waals surface area contributed by atoms with Gasteiger partial charge in [-0.2, -0.15) is 0 Å². The molecule has 7 nitrogen and oxygen atoms in total. The highest BCUT2D eigenvalue weighted by Gasteiger charge is 2.30. The number of rotatable bonds is 6. The van der Waals surface area contributed by atoms with Gasteiger partial charge in [0.15, 0.2) is 0 Å². The van der Waals surface area contributed by atoms with Crippen LogP contribution in [0.15, 0.2) is 88.2 Å². The molecule has 1 aromatic heterocycles. The number of sulfonamides is 1. The van der Waals surface area contributed by atoms with Crippen LogP contribution in [0.3, 0.4) is 0 Å². The van der Waals surface area contributed by atoms with E-state index >= 15 is 0 Å². The molecule has 33 heavy (non-hydrogen) atoms. The number of hydrogen-bond acceptors (Lipinski definition) is 6. The van der Waals surface area contributed by atoms with Gasteiger partial charge in [-0.25, -0.2) is 17.5 Å². The Bertz CT molecular complexity index is 1430. The van der Waals surface area contributed by atoms with E-state index in [1.165, 1.54) is 37.3 Å².